The maximum Gasteiger partial charge on any atom is 0.307 e. The van der Waals surface area contributed by atoms with E-state index in [1.54, 1.807) is 0 Å². The first-order chi connectivity index (χ1) is 14.1. The Balaban J connectivity index is 1.80. The largest absolute Gasteiger partial charge is 0.481 e. The third kappa shape index (κ3) is 5.41. The highest BCUT2D eigenvalue weighted by atomic mass is 16.4. The van der Waals surface area contributed by atoms with Crippen molar-refractivity contribution in [1.29, 1.82) is 0 Å². The fourth-order valence-corrected chi connectivity index (χ4v) is 4.38. The molecule has 0 bridgehead atoms. The van der Waals surface area contributed by atoms with Gasteiger partial charge in [0, 0.05) is 55.5 Å². The number of rotatable bonds is 10. The van der Waals surface area contributed by atoms with Gasteiger partial charge in [-0.2, -0.15) is 0 Å². The van der Waals surface area contributed by atoms with E-state index in [1.165, 1.54) is 17.0 Å². The van der Waals surface area contributed by atoms with E-state index in [-0.39, 0.29) is 5.92 Å². The van der Waals surface area contributed by atoms with Gasteiger partial charge < -0.3 is 19.1 Å². The summed E-state index contributed by atoms with van der Waals surface area (Å²) in [5, 5.41) is 9.34. The molecule has 2 aromatic heterocycles. The summed E-state index contributed by atoms with van der Waals surface area (Å²) in [6.07, 6.45) is 11.6. The van der Waals surface area contributed by atoms with Gasteiger partial charge in [0.25, 0.3) is 0 Å². The molecule has 1 saturated heterocycles. The van der Waals surface area contributed by atoms with Crippen LogP contribution in [0.3, 0.4) is 0 Å². The summed E-state index contributed by atoms with van der Waals surface area (Å²) in [6.45, 7) is 9.05. The number of nitrogens with zero attached hydrogens (tertiary/aromatic N) is 3. The van der Waals surface area contributed by atoms with Gasteiger partial charge >= 0.3 is 5.97 Å². The van der Waals surface area contributed by atoms with Crippen LogP contribution in [0.1, 0.15) is 57.3 Å². The fraction of sp³-hybridized carbons (Fsp3) is 0.542. The van der Waals surface area contributed by atoms with Gasteiger partial charge in [-0.05, 0) is 62.9 Å². The van der Waals surface area contributed by atoms with Crippen LogP contribution in [0.5, 0.6) is 0 Å². The van der Waals surface area contributed by atoms with Crippen LogP contribution in [0.4, 0.5) is 0 Å². The lowest BCUT2D eigenvalue weighted by atomic mass is 9.98. The van der Waals surface area contributed by atoms with Gasteiger partial charge in [-0.3, -0.25) is 4.79 Å². The lowest BCUT2D eigenvalue weighted by Gasteiger charge is -2.30. The standard InChI is InChI=1S/C24H35N3O2/c1-3-13-26-17-7-11-22(26)21(23-12-8-18-27(23)14-4-2)10-6-16-25-15-5-9-20(19-25)24(28)29/h7-8,10-12,17-18,20H,3-6,9,13-16,19H2,1-2H3,(H,28,29). The van der Waals surface area contributed by atoms with E-state index in [2.05, 4.69) is 70.6 Å². The van der Waals surface area contributed by atoms with Crippen molar-refractivity contribution in [2.75, 3.05) is 19.6 Å². The Bertz CT molecular complexity index is 771. The molecule has 0 aromatic carbocycles. The number of carboxylic acid groups (broad SMARTS) is 1. The van der Waals surface area contributed by atoms with E-state index in [0.29, 0.717) is 6.54 Å². The van der Waals surface area contributed by atoms with Crippen molar-refractivity contribution in [2.45, 2.75) is 59.0 Å². The molecule has 1 aliphatic rings. The lowest BCUT2D eigenvalue weighted by molar-refractivity contribution is -0.143. The lowest BCUT2D eigenvalue weighted by Crippen LogP contribution is -2.39. The van der Waals surface area contributed by atoms with E-state index >= 15 is 0 Å². The molecule has 0 aliphatic carbocycles. The quantitative estimate of drug-likeness (QED) is 0.631. The van der Waals surface area contributed by atoms with Gasteiger partial charge in [0.05, 0.1) is 5.92 Å². The third-order valence-corrected chi connectivity index (χ3v) is 5.79. The highest BCUT2D eigenvalue weighted by molar-refractivity contribution is 5.77. The van der Waals surface area contributed by atoms with E-state index in [9.17, 15) is 9.90 Å². The maximum atomic E-state index is 11.3. The number of aryl methyl sites for hydroxylation is 2. The third-order valence-electron chi connectivity index (χ3n) is 5.79. The molecule has 1 atom stereocenters. The van der Waals surface area contributed by atoms with E-state index < -0.39 is 5.97 Å². The molecule has 29 heavy (non-hydrogen) atoms. The minimum atomic E-state index is -0.652. The van der Waals surface area contributed by atoms with Crippen molar-refractivity contribution in [3.8, 4) is 0 Å². The first kappa shape index (κ1) is 21.4. The van der Waals surface area contributed by atoms with Crippen molar-refractivity contribution in [2.24, 2.45) is 5.92 Å². The number of carboxylic acids is 1. The molecular formula is C24H35N3O2. The van der Waals surface area contributed by atoms with Crippen LogP contribution in [-0.4, -0.2) is 44.7 Å². The fourth-order valence-electron chi connectivity index (χ4n) is 4.38. The van der Waals surface area contributed by atoms with Gasteiger partial charge in [0.1, 0.15) is 0 Å². The van der Waals surface area contributed by atoms with Crippen LogP contribution < -0.4 is 0 Å². The summed E-state index contributed by atoms with van der Waals surface area (Å²) in [7, 11) is 0. The van der Waals surface area contributed by atoms with Gasteiger partial charge in [-0.1, -0.05) is 19.9 Å². The number of aliphatic carboxylic acids is 1. The molecule has 3 rings (SSSR count). The Kier molecular flexibility index (Phi) is 7.76. The number of likely N-dealkylation sites (tertiary alicyclic amines) is 1. The van der Waals surface area contributed by atoms with Gasteiger partial charge in [0.2, 0.25) is 0 Å². The average Bonchev–Trinajstić information content (AvgIpc) is 3.36. The summed E-state index contributed by atoms with van der Waals surface area (Å²) in [4.78, 5) is 13.7. The molecule has 5 nitrogen and oxygen atoms in total. The van der Waals surface area contributed by atoms with Crippen molar-refractivity contribution in [3.63, 3.8) is 0 Å². The molecular weight excluding hydrogens is 362 g/mol. The van der Waals surface area contributed by atoms with Crippen molar-refractivity contribution in [1.82, 2.24) is 14.0 Å². The van der Waals surface area contributed by atoms with Gasteiger partial charge in [-0.25, -0.2) is 0 Å². The normalized spacial score (nSPS) is 17.4. The van der Waals surface area contributed by atoms with Crippen LogP contribution in [-0.2, 0) is 17.9 Å². The maximum absolute atomic E-state index is 11.3. The second-order valence-electron chi connectivity index (χ2n) is 8.06. The minimum absolute atomic E-state index is 0.212. The molecule has 5 heteroatoms. The Morgan fingerprint density at radius 2 is 1.69 bits per heavy atom. The van der Waals surface area contributed by atoms with Gasteiger partial charge in [-0.15, -0.1) is 0 Å². The number of carbonyl (C=O) groups is 1. The van der Waals surface area contributed by atoms with Crippen LogP contribution in [0.25, 0.3) is 5.57 Å². The number of piperidine rings is 1. The minimum Gasteiger partial charge on any atom is -0.481 e. The van der Waals surface area contributed by atoms with Crippen molar-refractivity contribution < 1.29 is 9.90 Å². The SMILES string of the molecule is CCCn1cccc1C(=CCCN1CCCC(C(=O)O)C1)c1cccn1CCC. The predicted molar refractivity (Wildman–Crippen MR) is 118 cm³/mol. The number of hydrogen-bond donors (Lipinski definition) is 1. The molecule has 1 aliphatic heterocycles. The number of hydrogen-bond acceptors (Lipinski definition) is 2. The highest BCUT2D eigenvalue weighted by Crippen LogP contribution is 2.26. The Labute approximate surface area is 174 Å². The predicted octanol–water partition coefficient (Wildman–Crippen LogP) is 4.73. The molecule has 2 aromatic rings. The van der Waals surface area contributed by atoms with Crippen LogP contribution >= 0.6 is 0 Å². The topological polar surface area (TPSA) is 50.4 Å². The summed E-state index contributed by atoms with van der Waals surface area (Å²) in [5.41, 5.74) is 3.82. The Hall–Kier alpha value is -2.27. The van der Waals surface area contributed by atoms with Crippen molar-refractivity contribution in [3.05, 3.63) is 54.1 Å². The zero-order valence-corrected chi connectivity index (χ0v) is 17.9. The van der Waals surface area contributed by atoms with E-state index in [4.69, 9.17) is 0 Å². The first-order valence-corrected chi connectivity index (χ1v) is 11.1. The van der Waals surface area contributed by atoms with Crippen molar-refractivity contribution >= 4 is 11.5 Å². The van der Waals surface area contributed by atoms with E-state index in [0.717, 1.165) is 58.3 Å². The summed E-state index contributed by atoms with van der Waals surface area (Å²) >= 11 is 0. The second kappa shape index (κ2) is 10.5. The average molecular weight is 398 g/mol. The van der Waals surface area contributed by atoms with Gasteiger partial charge in [0.15, 0.2) is 0 Å². The van der Waals surface area contributed by atoms with Crippen LogP contribution in [0.15, 0.2) is 42.7 Å². The Morgan fingerprint density at radius 3 is 2.24 bits per heavy atom. The van der Waals surface area contributed by atoms with E-state index in [1.807, 2.05) is 0 Å². The van der Waals surface area contributed by atoms with Crippen LogP contribution in [0.2, 0.25) is 0 Å². The first-order valence-electron chi connectivity index (χ1n) is 11.1. The Morgan fingerprint density at radius 1 is 1.07 bits per heavy atom. The molecule has 0 saturated carbocycles. The second-order valence-corrected chi connectivity index (χ2v) is 8.06. The molecule has 1 fully saturated rings. The number of aromatic nitrogens is 2. The summed E-state index contributed by atoms with van der Waals surface area (Å²) < 4.78 is 4.69. The summed E-state index contributed by atoms with van der Waals surface area (Å²) in [5.74, 6) is -0.864. The zero-order valence-electron chi connectivity index (χ0n) is 17.9. The molecule has 158 valence electrons. The van der Waals surface area contributed by atoms with Crippen LogP contribution in [0, 0.1) is 5.92 Å². The molecule has 1 unspecified atom stereocenters. The molecule has 0 radical (unpaired) electrons. The monoisotopic (exact) mass is 397 g/mol. The zero-order chi connectivity index (χ0) is 20.6. The molecule has 0 amide bonds. The smallest absolute Gasteiger partial charge is 0.307 e. The molecule has 1 N–H and O–H groups in total. The molecule has 0 spiro atoms. The molecule has 3 heterocycles. The summed E-state index contributed by atoms with van der Waals surface area (Å²) in [6, 6.07) is 8.69. The highest BCUT2D eigenvalue weighted by Gasteiger charge is 2.24.